The van der Waals surface area contributed by atoms with Crippen molar-refractivity contribution in [3.05, 3.63) is 45.3 Å². The van der Waals surface area contributed by atoms with Gasteiger partial charge < -0.3 is 15.7 Å². The number of phenolic OH excluding ortho intramolecular Hbond substituents is 1. The first kappa shape index (κ1) is 13.0. The lowest BCUT2D eigenvalue weighted by Crippen LogP contribution is -2.38. The molecule has 1 aromatic heterocycles. The fourth-order valence-corrected chi connectivity index (χ4v) is 3.52. The van der Waals surface area contributed by atoms with E-state index in [2.05, 4.69) is 10.6 Å². The van der Waals surface area contributed by atoms with E-state index in [1.165, 1.54) is 0 Å². The molecule has 0 fully saturated rings. The second-order valence-corrected chi connectivity index (χ2v) is 6.33. The molecule has 0 unspecified atom stereocenters. The van der Waals surface area contributed by atoms with Crippen LogP contribution < -0.4 is 10.6 Å². The molecule has 0 spiro atoms. The third kappa shape index (κ3) is 1.94. The van der Waals surface area contributed by atoms with Gasteiger partial charge in [0.25, 0.3) is 5.91 Å². The number of aromatic hydroxyl groups is 1. The molecule has 104 valence electrons. The Morgan fingerprint density at radius 3 is 2.70 bits per heavy atom. The first-order valence-corrected chi connectivity index (χ1v) is 7.26. The van der Waals surface area contributed by atoms with E-state index < -0.39 is 6.17 Å². The number of hydrogen-bond acceptors (Lipinski definition) is 4. The number of anilines is 1. The number of carbonyl (C=O) groups excluding carboxylic acids is 1. The largest absolute Gasteiger partial charge is 0.508 e. The lowest BCUT2D eigenvalue weighted by Gasteiger charge is -2.27. The van der Waals surface area contributed by atoms with Gasteiger partial charge in [0.2, 0.25) is 0 Å². The number of aryl methyl sites for hydroxylation is 2. The second kappa shape index (κ2) is 4.52. The van der Waals surface area contributed by atoms with Gasteiger partial charge in [-0.05, 0) is 38.5 Å². The highest BCUT2D eigenvalue weighted by atomic mass is 32.1. The molecule has 0 saturated carbocycles. The zero-order chi connectivity index (χ0) is 14.4. The summed E-state index contributed by atoms with van der Waals surface area (Å²) >= 11 is 1.58. The van der Waals surface area contributed by atoms with E-state index in [-0.39, 0.29) is 11.7 Å². The highest BCUT2D eigenvalue weighted by Gasteiger charge is 2.30. The Labute approximate surface area is 121 Å². The van der Waals surface area contributed by atoms with Crippen molar-refractivity contribution in [2.45, 2.75) is 26.9 Å². The van der Waals surface area contributed by atoms with E-state index in [0.717, 1.165) is 26.6 Å². The minimum absolute atomic E-state index is 0.0912. The monoisotopic (exact) mass is 288 g/mol. The number of thiophene rings is 1. The molecule has 1 aliphatic heterocycles. The van der Waals surface area contributed by atoms with E-state index in [1.807, 2.05) is 32.9 Å². The number of fused-ring (bicyclic) bond motifs is 1. The Hall–Kier alpha value is -2.01. The van der Waals surface area contributed by atoms with Crippen LogP contribution in [0.3, 0.4) is 0 Å². The molecule has 1 aliphatic rings. The third-order valence-electron chi connectivity index (χ3n) is 3.66. The number of rotatable bonds is 1. The van der Waals surface area contributed by atoms with Crippen LogP contribution in [0.2, 0.25) is 0 Å². The van der Waals surface area contributed by atoms with Crippen molar-refractivity contribution in [3.8, 4) is 5.75 Å². The molecule has 1 atom stereocenters. The number of nitrogens with one attached hydrogen (secondary N) is 2. The summed E-state index contributed by atoms with van der Waals surface area (Å²) in [5.41, 5.74) is 3.46. The van der Waals surface area contributed by atoms with Gasteiger partial charge in [-0.2, -0.15) is 0 Å². The fraction of sp³-hybridized carbons (Fsp3) is 0.267. The summed E-state index contributed by atoms with van der Waals surface area (Å²) < 4.78 is 0. The van der Waals surface area contributed by atoms with Gasteiger partial charge in [-0.25, -0.2) is 0 Å². The molecule has 0 saturated heterocycles. The molecule has 2 aromatic rings. The van der Waals surface area contributed by atoms with Crippen molar-refractivity contribution in [2.24, 2.45) is 0 Å². The average Bonchev–Trinajstić information content (AvgIpc) is 2.68. The van der Waals surface area contributed by atoms with Crippen LogP contribution >= 0.6 is 11.3 Å². The Bertz CT molecular complexity index is 706. The number of amides is 1. The molecule has 5 heteroatoms. The quantitative estimate of drug-likeness (QED) is 0.755. The zero-order valence-electron chi connectivity index (χ0n) is 11.6. The molecule has 2 heterocycles. The SMILES string of the molecule is Cc1ccc(O)c([C@@H]2NC(=O)c3c(sc(C)c3C)N2)c1. The molecule has 0 bridgehead atoms. The summed E-state index contributed by atoms with van der Waals surface area (Å²) in [7, 11) is 0. The molecule has 20 heavy (non-hydrogen) atoms. The summed E-state index contributed by atoms with van der Waals surface area (Å²) in [4.78, 5) is 13.4. The van der Waals surface area contributed by atoms with Crippen molar-refractivity contribution in [3.63, 3.8) is 0 Å². The predicted molar refractivity (Wildman–Crippen MR) is 80.5 cm³/mol. The number of phenols is 1. The molecular weight excluding hydrogens is 272 g/mol. The van der Waals surface area contributed by atoms with E-state index in [1.54, 1.807) is 17.4 Å². The van der Waals surface area contributed by atoms with Crippen LogP contribution in [0.15, 0.2) is 18.2 Å². The van der Waals surface area contributed by atoms with Crippen LogP contribution in [-0.4, -0.2) is 11.0 Å². The number of benzene rings is 1. The molecule has 1 aromatic carbocycles. The van der Waals surface area contributed by atoms with Crippen molar-refractivity contribution >= 4 is 22.2 Å². The summed E-state index contributed by atoms with van der Waals surface area (Å²) in [5.74, 6) is 0.0911. The van der Waals surface area contributed by atoms with E-state index in [9.17, 15) is 9.90 Å². The Kier molecular flexibility index (Phi) is 2.94. The maximum absolute atomic E-state index is 12.3. The summed E-state index contributed by atoms with van der Waals surface area (Å²) in [5, 5.41) is 17.1. The third-order valence-corrected chi connectivity index (χ3v) is 4.80. The van der Waals surface area contributed by atoms with Crippen LogP contribution in [0.4, 0.5) is 5.00 Å². The lowest BCUT2D eigenvalue weighted by atomic mass is 10.0. The van der Waals surface area contributed by atoms with Gasteiger partial charge in [-0.3, -0.25) is 4.79 Å². The van der Waals surface area contributed by atoms with Crippen LogP contribution in [0, 0.1) is 20.8 Å². The molecule has 1 amide bonds. The molecule has 4 nitrogen and oxygen atoms in total. The van der Waals surface area contributed by atoms with Crippen LogP contribution in [0.1, 0.15) is 38.1 Å². The van der Waals surface area contributed by atoms with Gasteiger partial charge in [-0.1, -0.05) is 11.6 Å². The smallest absolute Gasteiger partial charge is 0.256 e. The normalized spacial score (nSPS) is 17.4. The Morgan fingerprint density at radius 2 is 1.95 bits per heavy atom. The van der Waals surface area contributed by atoms with Crippen LogP contribution in [0.5, 0.6) is 5.75 Å². The van der Waals surface area contributed by atoms with Crippen molar-refractivity contribution in [1.82, 2.24) is 5.32 Å². The number of hydrogen-bond donors (Lipinski definition) is 3. The van der Waals surface area contributed by atoms with Crippen LogP contribution in [0.25, 0.3) is 0 Å². The second-order valence-electron chi connectivity index (χ2n) is 5.10. The molecule has 0 radical (unpaired) electrons. The van der Waals surface area contributed by atoms with Crippen LogP contribution in [-0.2, 0) is 0 Å². The minimum atomic E-state index is -0.396. The fourth-order valence-electron chi connectivity index (χ4n) is 2.43. The summed E-state index contributed by atoms with van der Waals surface area (Å²) in [6.45, 7) is 5.92. The van der Waals surface area contributed by atoms with Crippen molar-refractivity contribution in [1.29, 1.82) is 0 Å². The maximum Gasteiger partial charge on any atom is 0.256 e. The van der Waals surface area contributed by atoms with Gasteiger partial charge in [0.15, 0.2) is 0 Å². The Balaban J connectivity index is 2.03. The topological polar surface area (TPSA) is 61.4 Å². The highest BCUT2D eigenvalue weighted by Crippen LogP contribution is 2.38. The maximum atomic E-state index is 12.3. The van der Waals surface area contributed by atoms with E-state index in [4.69, 9.17) is 0 Å². The molecular formula is C15H16N2O2S. The molecule has 3 rings (SSSR count). The van der Waals surface area contributed by atoms with E-state index in [0.29, 0.717) is 5.56 Å². The van der Waals surface area contributed by atoms with Crippen molar-refractivity contribution < 1.29 is 9.90 Å². The predicted octanol–water partition coefficient (Wildman–Crippen LogP) is 3.23. The minimum Gasteiger partial charge on any atom is -0.508 e. The standard InChI is InChI=1S/C15H16N2O2S/c1-7-4-5-11(18)10(6-7)13-16-14(19)12-8(2)9(3)20-15(12)17-13/h4-6,13,17-18H,1-3H3,(H,16,19)/t13-/m1/s1. The number of carbonyl (C=O) groups is 1. The Morgan fingerprint density at radius 1 is 1.20 bits per heavy atom. The van der Waals surface area contributed by atoms with Crippen molar-refractivity contribution in [2.75, 3.05) is 5.32 Å². The van der Waals surface area contributed by atoms with Gasteiger partial charge in [0.05, 0.1) is 5.56 Å². The van der Waals surface area contributed by atoms with Gasteiger partial charge in [-0.15, -0.1) is 11.3 Å². The summed E-state index contributed by atoms with van der Waals surface area (Å²) in [6, 6.07) is 5.37. The zero-order valence-corrected chi connectivity index (χ0v) is 12.4. The molecule has 0 aliphatic carbocycles. The average molecular weight is 288 g/mol. The van der Waals surface area contributed by atoms with E-state index >= 15 is 0 Å². The summed E-state index contributed by atoms with van der Waals surface area (Å²) in [6.07, 6.45) is -0.396. The first-order chi connectivity index (χ1) is 9.47. The van der Waals surface area contributed by atoms with Gasteiger partial charge in [0, 0.05) is 10.4 Å². The molecule has 3 N–H and O–H groups in total. The lowest BCUT2D eigenvalue weighted by molar-refractivity contribution is 0.0935. The van der Waals surface area contributed by atoms with Gasteiger partial charge in [0.1, 0.15) is 16.9 Å². The first-order valence-electron chi connectivity index (χ1n) is 6.44. The highest BCUT2D eigenvalue weighted by molar-refractivity contribution is 7.16. The van der Waals surface area contributed by atoms with Gasteiger partial charge >= 0.3 is 0 Å².